The van der Waals surface area contributed by atoms with Crippen molar-refractivity contribution in [3.63, 3.8) is 0 Å². The summed E-state index contributed by atoms with van der Waals surface area (Å²) in [4.78, 5) is 0. The Balaban J connectivity index is 0.00000144. The van der Waals surface area contributed by atoms with E-state index in [0.29, 0.717) is 5.92 Å². The van der Waals surface area contributed by atoms with E-state index in [1.54, 1.807) is 11.3 Å². The Bertz CT molecular complexity index is 433. The zero-order valence-electron chi connectivity index (χ0n) is 9.55. The summed E-state index contributed by atoms with van der Waals surface area (Å²) < 4.78 is 25.4. The first-order valence-electron chi connectivity index (χ1n) is 5.26. The number of rotatable bonds is 4. The van der Waals surface area contributed by atoms with Crippen LogP contribution in [0, 0.1) is 5.92 Å². The number of halogens is 1. The van der Waals surface area contributed by atoms with Crippen LogP contribution >= 0.6 is 23.7 Å². The van der Waals surface area contributed by atoms with Crippen LogP contribution in [0.5, 0.6) is 0 Å². The van der Waals surface area contributed by atoms with Crippen LogP contribution in [0.4, 0.5) is 0 Å². The Labute approximate surface area is 112 Å². The standard InChI is InChI=1S/C10H16N2O2S2.ClH/c1-11-16(13,14)7-9-4-12-5-10(9)8-2-3-15-6-8;/h2-3,6,9-12H,4-5,7H2,1H3;1H. The highest BCUT2D eigenvalue weighted by molar-refractivity contribution is 7.89. The van der Waals surface area contributed by atoms with Gasteiger partial charge in [0.2, 0.25) is 10.0 Å². The van der Waals surface area contributed by atoms with E-state index in [1.807, 2.05) is 5.38 Å². The summed E-state index contributed by atoms with van der Waals surface area (Å²) in [6, 6.07) is 2.08. The summed E-state index contributed by atoms with van der Waals surface area (Å²) in [7, 11) is -1.64. The van der Waals surface area contributed by atoms with E-state index in [2.05, 4.69) is 21.5 Å². The summed E-state index contributed by atoms with van der Waals surface area (Å²) in [5, 5.41) is 7.42. The van der Waals surface area contributed by atoms with Crippen LogP contribution in [0.3, 0.4) is 0 Å². The molecule has 17 heavy (non-hydrogen) atoms. The molecule has 0 aliphatic carbocycles. The van der Waals surface area contributed by atoms with Crippen molar-refractivity contribution >= 4 is 33.8 Å². The second-order valence-corrected chi connectivity index (χ2v) is 6.82. The second kappa shape index (κ2) is 6.15. The van der Waals surface area contributed by atoms with Crippen LogP contribution in [0.25, 0.3) is 0 Å². The highest BCUT2D eigenvalue weighted by Gasteiger charge is 2.31. The van der Waals surface area contributed by atoms with Crippen LogP contribution in [0.15, 0.2) is 16.8 Å². The minimum Gasteiger partial charge on any atom is -0.316 e. The third-order valence-corrected chi connectivity index (χ3v) is 5.25. The summed E-state index contributed by atoms with van der Waals surface area (Å²) in [5.41, 5.74) is 1.26. The Hall–Kier alpha value is -0.140. The highest BCUT2D eigenvalue weighted by atomic mass is 35.5. The van der Waals surface area contributed by atoms with Crippen molar-refractivity contribution in [3.05, 3.63) is 22.4 Å². The molecule has 0 aromatic carbocycles. The molecule has 1 saturated heterocycles. The summed E-state index contributed by atoms with van der Waals surface area (Å²) in [5.74, 6) is 0.707. The molecule has 2 atom stereocenters. The molecule has 2 rings (SSSR count). The zero-order valence-corrected chi connectivity index (χ0v) is 12.0. The van der Waals surface area contributed by atoms with E-state index in [4.69, 9.17) is 0 Å². The van der Waals surface area contributed by atoms with Gasteiger partial charge in [0.25, 0.3) is 0 Å². The Morgan fingerprint density at radius 1 is 1.53 bits per heavy atom. The van der Waals surface area contributed by atoms with Crippen LogP contribution in [0.2, 0.25) is 0 Å². The largest absolute Gasteiger partial charge is 0.316 e. The lowest BCUT2D eigenvalue weighted by Crippen LogP contribution is -2.29. The maximum atomic E-state index is 11.5. The maximum absolute atomic E-state index is 11.5. The third kappa shape index (κ3) is 3.66. The molecular weight excluding hydrogens is 280 g/mol. The first-order chi connectivity index (χ1) is 7.62. The lowest BCUT2D eigenvalue weighted by molar-refractivity contribution is 0.537. The minimum atomic E-state index is -3.11. The van der Waals surface area contributed by atoms with Gasteiger partial charge in [0.05, 0.1) is 5.75 Å². The van der Waals surface area contributed by atoms with Crippen molar-refractivity contribution in [3.8, 4) is 0 Å². The van der Waals surface area contributed by atoms with Crippen molar-refractivity contribution in [2.24, 2.45) is 5.92 Å². The van der Waals surface area contributed by atoms with Gasteiger partial charge in [0.1, 0.15) is 0 Å². The second-order valence-electron chi connectivity index (χ2n) is 4.07. The van der Waals surface area contributed by atoms with E-state index in [9.17, 15) is 8.42 Å². The molecule has 1 aromatic heterocycles. The lowest BCUT2D eigenvalue weighted by atomic mass is 9.92. The van der Waals surface area contributed by atoms with E-state index < -0.39 is 10.0 Å². The average Bonchev–Trinajstić information content (AvgIpc) is 2.86. The van der Waals surface area contributed by atoms with Gasteiger partial charge >= 0.3 is 0 Å². The first-order valence-corrected chi connectivity index (χ1v) is 7.86. The molecule has 0 bridgehead atoms. The SMILES string of the molecule is CNS(=O)(=O)CC1CNCC1c1ccsc1.Cl. The van der Waals surface area contributed by atoms with Crippen molar-refractivity contribution in [1.82, 2.24) is 10.0 Å². The van der Waals surface area contributed by atoms with Crippen molar-refractivity contribution in [2.45, 2.75) is 5.92 Å². The van der Waals surface area contributed by atoms with Gasteiger partial charge in [-0.05, 0) is 41.9 Å². The van der Waals surface area contributed by atoms with Crippen LogP contribution in [0.1, 0.15) is 11.5 Å². The molecular formula is C10H17ClN2O2S2. The summed E-state index contributed by atoms with van der Waals surface area (Å²) in [6.45, 7) is 1.65. The Kier molecular flexibility index (Phi) is 5.40. The summed E-state index contributed by atoms with van der Waals surface area (Å²) in [6.07, 6.45) is 0. The van der Waals surface area contributed by atoms with Crippen molar-refractivity contribution in [2.75, 3.05) is 25.9 Å². The van der Waals surface area contributed by atoms with Gasteiger partial charge in [-0.3, -0.25) is 0 Å². The molecule has 7 heteroatoms. The normalized spacial score (nSPS) is 24.5. The van der Waals surface area contributed by atoms with Gasteiger partial charge in [-0.1, -0.05) is 0 Å². The number of hydrogen-bond donors (Lipinski definition) is 2. The third-order valence-electron chi connectivity index (χ3n) is 3.06. The molecule has 0 amide bonds. The predicted octanol–water partition coefficient (Wildman–Crippen LogP) is 1.02. The molecule has 0 spiro atoms. The molecule has 1 aromatic rings. The van der Waals surface area contributed by atoms with Gasteiger partial charge < -0.3 is 5.32 Å². The molecule has 0 saturated carbocycles. The molecule has 1 aliphatic rings. The van der Waals surface area contributed by atoms with Crippen LogP contribution in [-0.2, 0) is 10.0 Å². The van der Waals surface area contributed by atoms with Gasteiger partial charge in [0.15, 0.2) is 0 Å². The van der Waals surface area contributed by atoms with E-state index in [0.717, 1.165) is 13.1 Å². The number of nitrogens with one attached hydrogen (secondary N) is 2. The quantitative estimate of drug-likeness (QED) is 0.872. The molecule has 4 nitrogen and oxygen atoms in total. The molecule has 1 aliphatic heterocycles. The van der Waals surface area contributed by atoms with E-state index in [1.165, 1.54) is 12.6 Å². The fourth-order valence-electron chi connectivity index (χ4n) is 2.15. The molecule has 1 fully saturated rings. The Morgan fingerprint density at radius 2 is 2.29 bits per heavy atom. The van der Waals surface area contributed by atoms with Crippen LogP contribution < -0.4 is 10.0 Å². The lowest BCUT2D eigenvalue weighted by Gasteiger charge is -2.17. The molecule has 2 unspecified atom stereocenters. The van der Waals surface area contributed by atoms with Gasteiger partial charge in [0, 0.05) is 12.5 Å². The molecule has 2 heterocycles. The van der Waals surface area contributed by atoms with E-state index >= 15 is 0 Å². The Morgan fingerprint density at radius 3 is 2.88 bits per heavy atom. The number of thiophene rings is 1. The molecule has 2 N–H and O–H groups in total. The monoisotopic (exact) mass is 296 g/mol. The maximum Gasteiger partial charge on any atom is 0.211 e. The van der Waals surface area contributed by atoms with Gasteiger partial charge in [-0.2, -0.15) is 11.3 Å². The predicted molar refractivity (Wildman–Crippen MR) is 73.5 cm³/mol. The van der Waals surface area contributed by atoms with E-state index in [-0.39, 0.29) is 24.1 Å². The van der Waals surface area contributed by atoms with Crippen molar-refractivity contribution < 1.29 is 8.42 Å². The van der Waals surface area contributed by atoms with Gasteiger partial charge in [-0.25, -0.2) is 13.1 Å². The fourth-order valence-corrected chi connectivity index (χ4v) is 3.95. The smallest absolute Gasteiger partial charge is 0.211 e. The number of hydrogen-bond acceptors (Lipinski definition) is 4. The molecule has 0 radical (unpaired) electrons. The topological polar surface area (TPSA) is 58.2 Å². The summed E-state index contributed by atoms with van der Waals surface area (Å²) >= 11 is 1.66. The average molecular weight is 297 g/mol. The highest BCUT2D eigenvalue weighted by Crippen LogP contribution is 2.30. The first kappa shape index (κ1) is 14.9. The number of sulfonamides is 1. The zero-order chi connectivity index (χ0) is 11.6. The fraction of sp³-hybridized carbons (Fsp3) is 0.600. The van der Waals surface area contributed by atoms with Gasteiger partial charge in [-0.15, -0.1) is 12.4 Å². The molecule has 98 valence electrons. The minimum absolute atomic E-state index is 0. The van der Waals surface area contributed by atoms with Crippen molar-refractivity contribution in [1.29, 1.82) is 0 Å². The van der Waals surface area contributed by atoms with Crippen LogP contribution in [-0.4, -0.2) is 34.3 Å².